The van der Waals surface area contributed by atoms with Gasteiger partial charge in [-0.3, -0.25) is 14.5 Å². The Morgan fingerprint density at radius 1 is 1.09 bits per heavy atom. The maximum Gasteiger partial charge on any atom is 0.350 e. The molecule has 1 aromatic heterocycles. The number of aryl methyl sites for hydroxylation is 2. The molecule has 1 aliphatic heterocycles. The zero-order valence-electron chi connectivity index (χ0n) is 18.0. The number of methoxy groups -OCH3 is 1. The summed E-state index contributed by atoms with van der Waals surface area (Å²) >= 11 is 6.91. The number of rotatable bonds is 4. The Morgan fingerprint density at radius 3 is 2.33 bits per heavy atom. The molecule has 1 unspecified atom stereocenters. The molecule has 1 saturated heterocycles. The predicted octanol–water partition coefficient (Wildman–Crippen LogP) is 4.83. The van der Waals surface area contributed by atoms with E-state index in [9.17, 15) is 19.5 Å². The van der Waals surface area contributed by atoms with Crippen LogP contribution >= 0.6 is 22.9 Å². The lowest BCUT2D eigenvalue weighted by Crippen LogP contribution is -2.29. The fourth-order valence-electron chi connectivity index (χ4n) is 3.62. The second-order valence-electron chi connectivity index (χ2n) is 7.49. The number of hydrogen-bond acceptors (Lipinski definition) is 7. The van der Waals surface area contributed by atoms with E-state index in [4.69, 9.17) is 16.3 Å². The van der Waals surface area contributed by atoms with E-state index < -0.39 is 23.7 Å². The summed E-state index contributed by atoms with van der Waals surface area (Å²) in [5, 5.41) is 11.7. The molecular weight excluding hydrogens is 464 g/mol. The molecule has 33 heavy (non-hydrogen) atoms. The van der Waals surface area contributed by atoms with Gasteiger partial charge in [0.1, 0.15) is 10.6 Å². The number of amides is 1. The van der Waals surface area contributed by atoms with Gasteiger partial charge in [0.25, 0.3) is 5.78 Å². The third kappa shape index (κ3) is 4.03. The fraction of sp³-hybridized carbons (Fsp3) is 0.167. The monoisotopic (exact) mass is 482 g/mol. The molecule has 9 heteroatoms. The molecule has 1 amide bonds. The molecule has 0 radical (unpaired) electrons. The minimum absolute atomic E-state index is 0.0707. The maximum atomic E-state index is 13.2. The highest BCUT2D eigenvalue weighted by Gasteiger charge is 2.48. The largest absolute Gasteiger partial charge is 0.507 e. The number of ketones is 1. The molecule has 168 valence electrons. The number of ether oxygens (including phenoxy) is 1. The van der Waals surface area contributed by atoms with E-state index in [1.807, 2.05) is 19.1 Å². The summed E-state index contributed by atoms with van der Waals surface area (Å²) in [7, 11) is 1.26. The number of anilines is 1. The highest BCUT2D eigenvalue weighted by atomic mass is 35.5. The second-order valence-corrected chi connectivity index (χ2v) is 8.90. The summed E-state index contributed by atoms with van der Waals surface area (Å²) in [5.74, 6) is -2.60. The molecule has 0 bridgehead atoms. The molecule has 1 atom stereocenters. The van der Waals surface area contributed by atoms with Crippen molar-refractivity contribution in [1.29, 1.82) is 0 Å². The van der Waals surface area contributed by atoms with Crippen LogP contribution in [0, 0.1) is 13.8 Å². The van der Waals surface area contributed by atoms with E-state index in [1.165, 1.54) is 12.0 Å². The number of benzene rings is 2. The van der Waals surface area contributed by atoms with Crippen LogP contribution in [0.3, 0.4) is 0 Å². The number of aliphatic hydroxyl groups excluding tert-OH is 1. The average Bonchev–Trinajstić information content (AvgIpc) is 3.31. The van der Waals surface area contributed by atoms with Crippen molar-refractivity contribution < 1.29 is 24.2 Å². The Labute approximate surface area is 198 Å². The van der Waals surface area contributed by atoms with Crippen LogP contribution in [-0.4, -0.2) is 34.9 Å². The molecule has 3 aromatic rings. The van der Waals surface area contributed by atoms with Crippen molar-refractivity contribution in [2.75, 3.05) is 12.0 Å². The first-order valence-electron chi connectivity index (χ1n) is 9.92. The number of halogens is 1. The quantitative estimate of drug-likeness (QED) is 0.248. The van der Waals surface area contributed by atoms with Gasteiger partial charge in [0, 0.05) is 10.6 Å². The van der Waals surface area contributed by atoms with Gasteiger partial charge >= 0.3 is 11.9 Å². The standard InChI is InChI=1S/C24H19ClN2O5S/c1-12-4-6-14(7-5-12)18-17(19(28)15-8-10-16(25)11-9-15)20(29)22(30)27(18)24-26-13(2)21(33-24)23(31)32-3/h4-11,18,28H,1-3H3/b19-17-. The fourth-order valence-corrected chi connectivity index (χ4v) is 4.76. The minimum atomic E-state index is -0.933. The summed E-state index contributed by atoms with van der Waals surface area (Å²) in [6.07, 6.45) is 0. The number of carbonyl (C=O) groups is 3. The van der Waals surface area contributed by atoms with Gasteiger partial charge in [0.05, 0.1) is 24.4 Å². The Kier molecular flexibility index (Phi) is 6.05. The van der Waals surface area contributed by atoms with Crippen LogP contribution in [0.25, 0.3) is 5.76 Å². The number of nitrogens with zero attached hydrogens (tertiary/aromatic N) is 2. The van der Waals surface area contributed by atoms with Crippen LogP contribution in [0.4, 0.5) is 5.13 Å². The van der Waals surface area contributed by atoms with Gasteiger partial charge < -0.3 is 9.84 Å². The Bertz CT molecular complexity index is 1300. The molecule has 0 spiro atoms. The Morgan fingerprint density at radius 2 is 1.73 bits per heavy atom. The molecule has 1 aliphatic rings. The normalized spacial score (nSPS) is 17.5. The van der Waals surface area contributed by atoms with E-state index in [-0.39, 0.29) is 21.3 Å². The number of carbonyl (C=O) groups excluding carboxylic acids is 3. The zero-order valence-corrected chi connectivity index (χ0v) is 19.5. The van der Waals surface area contributed by atoms with Gasteiger partial charge in [-0.25, -0.2) is 9.78 Å². The number of aromatic nitrogens is 1. The molecule has 1 N–H and O–H groups in total. The zero-order chi connectivity index (χ0) is 23.9. The predicted molar refractivity (Wildman–Crippen MR) is 126 cm³/mol. The summed E-state index contributed by atoms with van der Waals surface area (Å²) in [4.78, 5) is 44.2. The van der Waals surface area contributed by atoms with Crippen molar-refractivity contribution in [2.45, 2.75) is 19.9 Å². The molecule has 4 rings (SSSR count). The number of aliphatic hydroxyl groups is 1. The van der Waals surface area contributed by atoms with Crippen LogP contribution in [0.2, 0.25) is 5.02 Å². The molecular formula is C24H19ClN2O5S. The maximum absolute atomic E-state index is 13.2. The van der Waals surface area contributed by atoms with E-state index in [0.29, 0.717) is 21.8 Å². The lowest BCUT2D eigenvalue weighted by molar-refractivity contribution is -0.132. The van der Waals surface area contributed by atoms with Gasteiger partial charge in [-0.2, -0.15) is 0 Å². The van der Waals surface area contributed by atoms with Crippen molar-refractivity contribution in [2.24, 2.45) is 0 Å². The third-order valence-corrected chi connectivity index (χ3v) is 6.71. The number of esters is 1. The van der Waals surface area contributed by atoms with Crippen molar-refractivity contribution in [3.8, 4) is 0 Å². The molecule has 0 aliphatic carbocycles. The minimum Gasteiger partial charge on any atom is -0.507 e. The van der Waals surface area contributed by atoms with Gasteiger partial charge in [0.15, 0.2) is 5.13 Å². The lowest BCUT2D eigenvalue weighted by atomic mass is 9.95. The number of hydrogen-bond donors (Lipinski definition) is 1. The molecule has 2 aromatic carbocycles. The van der Waals surface area contributed by atoms with E-state index in [2.05, 4.69) is 4.98 Å². The third-order valence-electron chi connectivity index (χ3n) is 5.32. The van der Waals surface area contributed by atoms with Crippen LogP contribution < -0.4 is 4.90 Å². The molecule has 0 saturated carbocycles. The smallest absolute Gasteiger partial charge is 0.350 e. The topological polar surface area (TPSA) is 96.8 Å². The van der Waals surface area contributed by atoms with Gasteiger partial charge in [-0.1, -0.05) is 52.8 Å². The first kappa shape index (κ1) is 22.7. The van der Waals surface area contributed by atoms with Gasteiger partial charge in [-0.05, 0) is 43.7 Å². The number of Topliss-reactive ketones (excluding diaryl/α,β-unsaturated/α-hetero) is 1. The second kappa shape index (κ2) is 8.80. The van der Waals surface area contributed by atoms with E-state index >= 15 is 0 Å². The van der Waals surface area contributed by atoms with Crippen LogP contribution in [0.1, 0.15) is 38.1 Å². The summed E-state index contributed by atoms with van der Waals surface area (Å²) in [6.45, 7) is 3.54. The average molecular weight is 483 g/mol. The van der Waals surface area contributed by atoms with Crippen LogP contribution in [0.5, 0.6) is 0 Å². The highest BCUT2D eigenvalue weighted by Crippen LogP contribution is 2.44. The summed E-state index contributed by atoms with van der Waals surface area (Å²) in [5.41, 5.74) is 2.26. The molecule has 2 heterocycles. The van der Waals surface area contributed by atoms with Crippen LogP contribution in [-0.2, 0) is 14.3 Å². The first-order chi connectivity index (χ1) is 15.7. The molecule has 1 fully saturated rings. The van der Waals surface area contributed by atoms with Crippen molar-refractivity contribution in [1.82, 2.24) is 4.98 Å². The SMILES string of the molecule is COC(=O)c1sc(N2C(=O)C(=O)/C(=C(\O)c3ccc(Cl)cc3)C2c2ccc(C)cc2)nc1C. The summed E-state index contributed by atoms with van der Waals surface area (Å²) in [6, 6.07) is 12.7. The van der Waals surface area contributed by atoms with Gasteiger partial charge in [-0.15, -0.1) is 0 Å². The number of thiazole rings is 1. The Hall–Kier alpha value is -3.49. The summed E-state index contributed by atoms with van der Waals surface area (Å²) < 4.78 is 4.79. The highest BCUT2D eigenvalue weighted by molar-refractivity contribution is 7.17. The van der Waals surface area contributed by atoms with Crippen LogP contribution in [0.15, 0.2) is 54.1 Å². The van der Waals surface area contributed by atoms with Crippen molar-refractivity contribution in [3.05, 3.63) is 86.4 Å². The van der Waals surface area contributed by atoms with Crippen molar-refractivity contribution >= 4 is 51.5 Å². The van der Waals surface area contributed by atoms with Crippen molar-refractivity contribution in [3.63, 3.8) is 0 Å². The molecule has 7 nitrogen and oxygen atoms in total. The van der Waals surface area contributed by atoms with E-state index in [0.717, 1.165) is 16.9 Å². The van der Waals surface area contributed by atoms with E-state index in [1.54, 1.807) is 43.3 Å². The van der Waals surface area contributed by atoms with Gasteiger partial charge in [0.2, 0.25) is 0 Å². The first-order valence-corrected chi connectivity index (χ1v) is 11.1. The lowest BCUT2D eigenvalue weighted by Gasteiger charge is -2.23. The Balaban J connectivity index is 1.93.